The number of aryl methyl sites for hydroxylation is 1. The third kappa shape index (κ3) is 1.43. The standard InChI is InChI=1S/C8H8BNO3/c1-5-10-7-4-6(9(11)12)2-3-8(7)13-5/h2-4,11-12H,1H3. The number of oxazole rings is 1. The maximum atomic E-state index is 8.89. The Morgan fingerprint density at radius 1 is 1.38 bits per heavy atom. The first-order valence-electron chi connectivity index (χ1n) is 3.90. The molecule has 0 radical (unpaired) electrons. The molecule has 0 fully saturated rings. The first kappa shape index (κ1) is 8.28. The Hall–Kier alpha value is -1.33. The van der Waals surface area contributed by atoms with Gasteiger partial charge >= 0.3 is 7.12 Å². The van der Waals surface area contributed by atoms with E-state index < -0.39 is 7.12 Å². The molecule has 0 atom stereocenters. The summed E-state index contributed by atoms with van der Waals surface area (Å²) in [6.45, 7) is 1.75. The van der Waals surface area contributed by atoms with Crippen LogP contribution in [0.15, 0.2) is 22.6 Å². The lowest BCUT2D eigenvalue weighted by molar-refractivity contribution is 0.426. The molecular formula is C8H8BNO3. The number of fused-ring (bicyclic) bond motifs is 1. The van der Waals surface area contributed by atoms with Gasteiger partial charge in [0.1, 0.15) is 5.52 Å². The minimum atomic E-state index is -1.46. The molecule has 1 heterocycles. The summed E-state index contributed by atoms with van der Waals surface area (Å²) in [4.78, 5) is 4.07. The Labute approximate surface area is 75.0 Å². The molecular weight excluding hydrogens is 169 g/mol. The maximum absolute atomic E-state index is 8.89. The van der Waals surface area contributed by atoms with Crippen LogP contribution in [-0.2, 0) is 0 Å². The van der Waals surface area contributed by atoms with Crippen LogP contribution < -0.4 is 5.46 Å². The Bertz CT molecular complexity index is 438. The molecule has 2 rings (SSSR count). The second-order valence-corrected chi connectivity index (χ2v) is 2.83. The zero-order valence-electron chi connectivity index (χ0n) is 7.06. The second kappa shape index (κ2) is 2.87. The van der Waals surface area contributed by atoms with Crippen molar-refractivity contribution in [3.8, 4) is 0 Å². The van der Waals surface area contributed by atoms with E-state index >= 15 is 0 Å². The molecule has 0 unspecified atom stereocenters. The van der Waals surface area contributed by atoms with Gasteiger partial charge in [0.15, 0.2) is 11.5 Å². The van der Waals surface area contributed by atoms with Crippen LogP contribution in [0, 0.1) is 6.92 Å². The molecule has 0 aliphatic heterocycles. The van der Waals surface area contributed by atoms with Gasteiger partial charge < -0.3 is 14.5 Å². The van der Waals surface area contributed by atoms with Crippen LogP contribution in [0.3, 0.4) is 0 Å². The molecule has 1 aromatic heterocycles. The van der Waals surface area contributed by atoms with Gasteiger partial charge in [-0.25, -0.2) is 4.98 Å². The first-order valence-corrected chi connectivity index (χ1v) is 3.90. The van der Waals surface area contributed by atoms with Crippen molar-refractivity contribution >= 4 is 23.7 Å². The summed E-state index contributed by atoms with van der Waals surface area (Å²) in [7, 11) is -1.46. The summed E-state index contributed by atoms with van der Waals surface area (Å²) in [5, 5.41) is 17.8. The van der Waals surface area contributed by atoms with Crippen molar-refractivity contribution in [1.82, 2.24) is 4.98 Å². The van der Waals surface area contributed by atoms with Crippen LogP contribution in [0.2, 0.25) is 0 Å². The molecule has 66 valence electrons. The SMILES string of the molecule is Cc1nc2cc(B(O)O)ccc2o1. The van der Waals surface area contributed by atoms with E-state index in [2.05, 4.69) is 4.98 Å². The van der Waals surface area contributed by atoms with Crippen LogP contribution in [0.5, 0.6) is 0 Å². The van der Waals surface area contributed by atoms with E-state index in [-0.39, 0.29) is 0 Å². The number of hydrogen-bond donors (Lipinski definition) is 2. The molecule has 1 aromatic carbocycles. The van der Waals surface area contributed by atoms with Gasteiger partial charge in [0.2, 0.25) is 0 Å². The fraction of sp³-hybridized carbons (Fsp3) is 0.125. The van der Waals surface area contributed by atoms with Crippen molar-refractivity contribution in [2.75, 3.05) is 0 Å². The lowest BCUT2D eigenvalue weighted by Gasteiger charge is -1.96. The number of hydrogen-bond acceptors (Lipinski definition) is 4. The summed E-state index contributed by atoms with van der Waals surface area (Å²) in [5.74, 6) is 0.569. The van der Waals surface area contributed by atoms with E-state index in [0.29, 0.717) is 22.5 Å². The van der Waals surface area contributed by atoms with E-state index in [1.165, 1.54) is 0 Å². The van der Waals surface area contributed by atoms with E-state index in [9.17, 15) is 0 Å². The van der Waals surface area contributed by atoms with Gasteiger partial charge in [0.25, 0.3) is 0 Å². The highest BCUT2D eigenvalue weighted by Gasteiger charge is 2.12. The number of benzene rings is 1. The van der Waals surface area contributed by atoms with Crippen LogP contribution in [-0.4, -0.2) is 22.2 Å². The van der Waals surface area contributed by atoms with E-state index in [1.54, 1.807) is 25.1 Å². The molecule has 4 nitrogen and oxygen atoms in total. The van der Waals surface area contributed by atoms with Crippen molar-refractivity contribution < 1.29 is 14.5 Å². The van der Waals surface area contributed by atoms with E-state index in [1.807, 2.05) is 0 Å². The number of aromatic nitrogens is 1. The Morgan fingerprint density at radius 2 is 2.15 bits per heavy atom. The lowest BCUT2D eigenvalue weighted by atomic mass is 9.80. The fourth-order valence-corrected chi connectivity index (χ4v) is 1.22. The van der Waals surface area contributed by atoms with Crippen LogP contribution in [0.25, 0.3) is 11.1 Å². The topological polar surface area (TPSA) is 66.5 Å². The Kier molecular flexibility index (Phi) is 1.83. The van der Waals surface area contributed by atoms with Gasteiger partial charge in [-0.3, -0.25) is 0 Å². The average molecular weight is 177 g/mol. The average Bonchev–Trinajstić information content (AvgIpc) is 2.42. The monoisotopic (exact) mass is 177 g/mol. The molecule has 0 amide bonds. The van der Waals surface area contributed by atoms with Gasteiger partial charge in [0.05, 0.1) is 0 Å². The smallest absolute Gasteiger partial charge is 0.441 e. The molecule has 13 heavy (non-hydrogen) atoms. The summed E-state index contributed by atoms with van der Waals surface area (Å²) < 4.78 is 5.23. The minimum Gasteiger partial charge on any atom is -0.441 e. The molecule has 2 aromatic rings. The van der Waals surface area contributed by atoms with E-state index in [0.717, 1.165) is 0 Å². The summed E-state index contributed by atoms with van der Waals surface area (Å²) in [5.41, 5.74) is 1.71. The van der Waals surface area contributed by atoms with Gasteiger partial charge in [-0.1, -0.05) is 6.07 Å². The molecule has 5 heteroatoms. The van der Waals surface area contributed by atoms with E-state index in [4.69, 9.17) is 14.5 Å². The Balaban J connectivity index is 2.61. The van der Waals surface area contributed by atoms with Gasteiger partial charge in [-0.05, 0) is 17.6 Å². The second-order valence-electron chi connectivity index (χ2n) is 2.83. The number of rotatable bonds is 1. The summed E-state index contributed by atoms with van der Waals surface area (Å²) in [6.07, 6.45) is 0. The molecule has 0 saturated heterocycles. The Morgan fingerprint density at radius 3 is 2.85 bits per heavy atom. The molecule has 2 N–H and O–H groups in total. The van der Waals surface area contributed by atoms with Crippen LogP contribution >= 0.6 is 0 Å². The van der Waals surface area contributed by atoms with Gasteiger partial charge in [0, 0.05) is 6.92 Å². The third-order valence-electron chi connectivity index (χ3n) is 1.82. The lowest BCUT2D eigenvalue weighted by Crippen LogP contribution is -2.29. The maximum Gasteiger partial charge on any atom is 0.488 e. The van der Waals surface area contributed by atoms with Crippen molar-refractivity contribution in [3.05, 3.63) is 24.1 Å². The first-order chi connectivity index (χ1) is 6.16. The molecule has 0 spiro atoms. The molecule has 0 saturated carbocycles. The zero-order valence-corrected chi connectivity index (χ0v) is 7.06. The van der Waals surface area contributed by atoms with Crippen molar-refractivity contribution in [2.24, 2.45) is 0 Å². The van der Waals surface area contributed by atoms with Crippen LogP contribution in [0.4, 0.5) is 0 Å². The van der Waals surface area contributed by atoms with Crippen molar-refractivity contribution in [2.45, 2.75) is 6.92 Å². The molecule has 0 aliphatic rings. The fourth-order valence-electron chi connectivity index (χ4n) is 1.22. The van der Waals surface area contributed by atoms with Gasteiger partial charge in [-0.15, -0.1) is 0 Å². The van der Waals surface area contributed by atoms with Crippen molar-refractivity contribution in [1.29, 1.82) is 0 Å². The predicted molar refractivity (Wildman–Crippen MR) is 48.6 cm³/mol. The third-order valence-corrected chi connectivity index (χ3v) is 1.82. The molecule has 0 bridgehead atoms. The molecule has 0 aliphatic carbocycles. The normalized spacial score (nSPS) is 10.7. The highest BCUT2D eigenvalue weighted by Crippen LogP contribution is 2.12. The summed E-state index contributed by atoms with van der Waals surface area (Å²) in [6, 6.07) is 4.86. The summed E-state index contributed by atoms with van der Waals surface area (Å²) >= 11 is 0. The predicted octanol–water partition coefficient (Wildman–Crippen LogP) is -0.184. The van der Waals surface area contributed by atoms with Crippen LogP contribution in [0.1, 0.15) is 5.89 Å². The largest absolute Gasteiger partial charge is 0.488 e. The minimum absolute atomic E-state index is 0.417. The number of nitrogens with zero attached hydrogens (tertiary/aromatic N) is 1. The quantitative estimate of drug-likeness (QED) is 0.592. The highest BCUT2D eigenvalue weighted by molar-refractivity contribution is 6.58. The zero-order chi connectivity index (χ0) is 9.42. The van der Waals surface area contributed by atoms with Crippen molar-refractivity contribution in [3.63, 3.8) is 0 Å². The van der Waals surface area contributed by atoms with Gasteiger partial charge in [-0.2, -0.15) is 0 Å². The highest BCUT2D eigenvalue weighted by atomic mass is 16.4.